The van der Waals surface area contributed by atoms with E-state index in [1.54, 1.807) is 11.1 Å². The van der Waals surface area contributed by atoms with Crippen molar-refractivity contribution in [2.75, 3.05) is 18.4 Å². The molecule has 0 spiro atoms. The highest BCUT2D eigenvalue weighted by atomic mass is 16.2. The molecule has 3 N–H and O–H groups in total. The van der Waals surface area contributed by atoms with E-state index in [-0.39, 0.29) is 24.1 Å². The highest BCUT2D eigenvalue weighted by Gasteiger charge is 2.39. The van der Waals surface area contributed by atoms with Crippen molar-refractivity contribution < 1.29 is 14.4 Å². The number of fused-ring (bicyclic) bond motifs is 1. The maximum absolute atomic E-state index is 13.2. The van der Waals surface area contributed by atoms with Gasteiger partial charge in [-0.15, -0.1) is 0 Å². The van der Waals surface area contributed by atoms with Crippen LogP contribution in [0.25, 0.3) is 0 Å². The minimum absolute atomic E-state index is 0.146. The van der Waals surface area contributed by atoms with Crippen LogP contribution in [-0.2, 0) is 22.7 Å². The van der Waals surface area contributed by atoms with Crippen molar-refractivity contribution in [1.82, 2.24) is 25.3 Å². The number of piperidine rings is 2. The summed E-state index contributed by atoms with van der Waals surface area (Å²) >= 11 is 0. The van der Waals surface area contributed by atoms with Crippen LogP contribution in [0.15, 0.2) is 30.5 Å². The summed E-state index contributed by atoms with van der Waals surface area (Å²) in [4.78, 5) is 38.6. The zero-order valence-electron chi connectivity index (χ0n) is 17.3. The Morgan fingerprint density at radius 1 is 1.16 bits per heavy atom. The van der Waals surface area contributed by atoms with Gasteiger partial charge in [-0.2, -0.15) is 5.10 Å². The second-order valence-electron chi connectivity index (χ2n) is 8.37. The van der Waals surface area contributed by atoms with E-state index in [1.165, 1.54) is 0 Å². The second kappa shape index (κ2) is 8.14. The number of nitrogens with zero attached hydrogens (tertiary/aromatic N) is 3. The van der Waals surface area contributed by atoms with Gasteiger partial charge in [-0.1, -0.05) is 18.2 Å². The van der Waals surface area contributed by atoms with Gasteiger partial charge in [-0.3, -0.25) is 19.7 Å². The van der Waals surface area contributed by atoms with Gasteiger partial charge in [-0.05, 0) is 36.9 Å². The van der Waals surface area contributed by atoms with Gasteiger partial charge in [0.1, 0.15) is 11.9 Å². The van der Waals surface area contributed by atoms with Crippen molar-refractivity contribution in [3.8, 4) is 0 Å². The summed E-state index contributed by atoms with van der Waals surface area (Å²) in [5, 5.41) is 13.7. The molecule has 31 heavy (non-hydrogen) atoms. The fourth-order valence-corrected chi connectivity index (χ4v) is 4.81. The lowest BCUT2D eigenvalue weighted by Crippen LogP contribution is -2.52. The fraction of sp³-hybridized carbons (Fsp3) is 0.455. The van der Waals surface area contributed by atoms with Crippen LogP contribution >= 0.6 is 0 Å². The Morgan fingerprint density at radius 3 is 2.87 bits per heavy atom. The second-order valence-corrected chi connectivity index (χ2v) is 8.37. The van der Waals surface area contributed by atoms with E-state index in [4.69, 9.17) is 0 Å². The van der Waals surface area contributed by atoms with E-state index in [0.717, 1.165) is 42.9 Å². The van der Waals surface area contributed by atoms with E-state index in [0.29, 0.717) is 31.1 Å². The van der Waals surface area contributed by atoms with Crippen LogP contribution in [0.3, 0.4) is 0 Å². The minimum atomic E-state index is -0.598. The van der Waals surface area contributed by atoms with E-state index in [2.05, 4.69) is 21.0 Å². The van der Waals surface area contributed by atoms with Crippen molar-refractivity contribution >= 4 is 23.5 Å². The zero-order chi connectivity index (χ0) is 21.4. The summed E-state index contributed by atoms with van der Waals surface area (Å²) in [6.45, 7) is 2.82. The maximum atomic E-state index is 13.2. The molecule has 0 bridgehead atoms. The van der Waals surface area contributed by atoms with Gasteiger partial charge < -0.3 is 15.5 Å². The summed E-state index contributed by atoms with van der Waals surface area (Å²) in [6, 6.07) is 7.49. The van der Waals surface area contributed by atoms with Crippen molar-refractivity contribution in [1.29, 1.82) is 0 Å². The van der Waals surface area contributed by atoms with Gasteiger partial charge in [0.15, 0.2) is 0 Å². The molecule has 1 aromatic heterocycles. The molecule has 2 fully saturated rings. The molecule has 5 rings (SSSR count). The third-order valence-electron chi connectivity index (χ3n) is 6.39. The lowest BCUT2D eigenvalue weighted by Gasteiger charge is -2.29. The first kappa shape index (κ1) is 19.7. The Balaban J connectivity index is 1.32. The van der Waals surface area contributed by atoms with E-state index < -0.39 is 6.04 Å². The molecule has 2 aromatic rings. The summed E-state index contributed by atoms with van der Waals surface area (Å²) in [5.41, 5.74) is 2.47. The first-order valence-corrected chi connectivity index (χ1v) is 10.9. The Labute approximate surface area is 180 Å². The van der Waals surface area contributed by atoms with Crippen LogP contribution in [0.1, 0.15) is 53.2 Å². The van der Waals surface area contributed by atoms with Gasteiger partial charge >= 0.3 is 0 Å². The number of anilines is 1. The molecular weight excluding hydrogens is 396 g/mol. The first-order chi connectivity index (χ1) is 15.1. The van der Waals surface area contributed by atoms with E-state index in [1.807, 2.05) is 28.9 Å². The normalized spacial score (nSPS) is 23.6. The van der Waals surface area contributed by atoms with Gasteiger partial charge in [0.05, 0.1) is 12.2 Å². The van der Waals surface area contributed by atoms with Gasteiger partial charge in [-0.25, -0.2) is 4.68 Å². The Kier molecular flexibility index (Phi) is 5.19. The molecule has 1 aromatic carbocycles. The van der Waals surface area contributed by atoms with Crippen LogP contribution in [0.5, 0.6) is 0 Å². The van der Waals surface area contributed by atoms with E-state index in [9.17, 15) is 14.4 Å². The Morgan fingerprint density at radius 2 is 2.06 bits per heavy atom. The quantitative estimate of drug-likeness (QED) is 0.625. The predicted molar refractivity (Wildman–Crippen MR) is 113 cm³/mol. The molecular formula is C22H26N6O3. The predicted octanol–water partition coefficient (Wildman–Crippen LogP) is 1.18. The highest BCUT2D eigenvalue weighted by molar-refractivity contribution is 6.06. The molecule has 3 amide bonds. The molecule has 2 unspecified atom stereocenters. The highest BCUT2D eigenvalue weighted by Crippen LogP contribution is 2.30. The lowest BCUT2D eigenvalue weighted by molar-refractivity contribution is -0.136. The van der Waals surface area contributed by atoms with Crippen molar-refractivity contribution in [3.63, 3.8) is 0 Å². The standard InChI is InChI=1S/C22H26N6O3/c29-19-7-6-17(21(30)26-19)27-13-15-4-1-3-14(20(15)22(27)31)11-24-18-8-10-25-28(18)16-5-2-9-23-12-16/h1,3-4,8,10,16-17,23-24H,2,5-7,9,11-13H2,(H,26,29,30). The zero-order valence-corrected chi connectivity index (χ0v) is 17.3. The molecule has 2 saturated heterocycles. The van der Waals surface area contributed by atoms with Crippen LogP contribution in [0.2, 0.25) is 0 Å². The summed E-state index contributed by atoms with van der Waals surface area (Å²) < 4.78 is 2.02. The number of rotatable bonds is 5. The molecule has 3 aliphatic rings. The average molecular weight is 422 g/mol. The Bertz CT molecular complexity index is 1030. The van der Waals surface area contributed by atoms with Crippen molar-refractivity contribution in [2.45, 2.75) is 50.9 Å². The molecule has 0 saturated carbocycles. The number of hydrogen-bond acceptors (Lipinski definition) is 6. The number of benzene rings is 1. The molecule has 0 radical (unpaired) electrons. The Hall–Kier alpha value is -3.20. The topological polar surface area (TPSA) is 108 Å². The number of aromatic nitrogens is 2. The van der Waals surface area contributed by atoms with Crippen LogP contribution < -0.4 is 16.0 Å². The van der Waals surface area contributed by atoms with E-state index >= 15 is 0 Å². The average Bonchev–Trinajstić information content (AvgIpc) is 3.38. The third-order valence-corrected chi connectivity index (χ3v) is 6.39. The smallest absolute Gasteiger partial charge is 0.255 e. The summed E-state index contributed by atoms with van der Waals surface area (Å²) in [6.07, 6.45) is 4.63. The maximum Gasteiger partial charge on any atom is 0.255 e. The molecule has 9 heteroatoms. The van der Waals surface area contributed by atoms with Crippen LogP contribution in [-0.4, -0.2) is 51.5 Å². The van der Waals surface area contributed by atoms with Crippen LogP contribution in [0.4, 0.5) is 5.82 Å². The minimum Gasteiger partial charge on any atom is -0.366 e. The third kappa shape index (κ3) is 3.69. The number of imide groups is 1. The molecule has 3 aliphatic heterocycles. The number of nitrogens with one attached hydrogen (secondary N) is 3. The molecule has 0 aliphatic carbocycles. The molecule has 9 nitrogen and oxygen atoms in total. The summed E-state index contributed by atoms with van der Waals surface area (Å²) in [7, 11) is 0. The monoisotopic (exact) mass is 422 g/mol. The summed E-state index contributed by atoms with van der Waals surface area (Å²) in [5.74, 6) is 0.118. The van der Waals surface area contributed by atoms with Gasteiger partial charge in [0.25, 0.3) is 5.91 Å². The van der Waals surface area contributed by atoms with Crippen molar-refractivity contribution in [3.05, 3.63) is 47.2 Å². The lowest BCUT2D eigenvalue weighted by atomic mass is 10.0. The fourth-order valence-electron chi connectivity index (χ4n) is 4.81. The van der Waals surface area contributed by atoms with Crippen molar-refractivity contribution in [2.24, 2.45) is 0 Å². The van der Waals surface area contributed by atoms with Gasteiger partial charge in [0, 0.05) is 37.7 Å². The molecule has 162 valence electrons. The SMILES string of the molecule is O=C1CCC(N2Cc3cccc(CNc4ccnn4C4CCCNC4)c3C2=O)C(=O)N1. The van der Waals surface area contributed by atoms with Gasteiger partial charge in [0.2, 0.25) is 11.8 Å². The number of amides is 3. The largest absolute Gasteiger partial charge is 0.366 e. The number of carbonyl (C=O) groups excluding carboxylic acids is 3. The molecule has 4 heterocycles. The molecule has 2 atom stereocenters. The first-order valence-electron chi connectivity index (χ1n) is 10.9. The van der Waals surface area contributed by atoms with Crippen LogP contribution in [0, 0.1) is 0 Å². The number of hydrogen-bond donors (Lipinski definition) is 3. The number of carbonyl (C=O) groups is 3.